The van der Waals surface area contributed by atoms with Gasteiger partial charge in [-0.1, -0.05) is 18.2 Å². The van der Waals surface area contributed by atoms with Crippen molar-refractivity contribution >= 4 is 27.3 Å². The highest BCUT2D eigenvalue weighted by molar-refractivity contribution is 7.17. The highest BCUT2D eigenvalue weighted by atomic mass is 32.1. The summed E-state index contributed by atoms with van der Waals surface area (Å²) >= 11 is 1.65. The largest absolute Gasteiger partial charge is 0.379 e. The Balaban J connectivity index is 1.40. The average molecular weight is 359 g/mol. The Labute approximate surface area is 152 Å². The van der Waals surface area contributed by atoms with E-state index in [0.717, 1.165) is 56.5 Å². The maximum Gasteiger partial charge on any atom is 0.255 e. The molecule has 1 aromatic carbocycles. The summed E-state index contributed by atoms with van der Waals surface area (Å²) in [6.07, 6.45) is 3.35. The molecule has 134 valence electrons. The minimum atomic E-state index is 0.178. The highest BCUT2D eigenvalue weighted by Crippen LogP contribution is 2.42. The molecule has 5 heteroatoms. The first-order chi connectivity index (χ1) is 12.2. The van der Waals surface area contributed by atoms with Gasteiger partial charge in [0.1, 0.15) is 0 Å². The van der Waals surface area contributed by atoms with Crippen LogP contribution in [0.25, 0.3) is 10.1 Å². The van der Waals surface area contributed by atoms with Crippen molar-refractivity contribution < 1.29 is 14.3 Å². The van der Waals surface area contributed by atoms with Crippen LogP contribution in [0.15, 0.2) is 29.6 Å². The molecule has 2 aliphatic rings. The van der Waals surface area contributed by atoms with E-state index in [0.29, 0.717) is 6.61 Å². The Morgan fingerprint density at radius 1 is 1.36 bits per heavy atom. The molecule has 2 saturated heterocycles. The number of amides is 1. The van der Waals surface area contributed by atoms with Crippen LogP contribution in [0.1, 0.15) is 36.5 Å². The molecule has 0 aliphatic carbocycles. The van der Waals surface area contributed by atoms with E-state index >= 15 is 0 Å². The fourth-order valence-electron chi connectivity index (χ4n) is 4.10. The second kappa shape index (κ2) is 7.06. The van der Waals surface area contributed by atoms with Gasteiger partial charge in [-0.15, -0.1) is 11.3 Å². The van der Waals surface area contributed by atoms with E-state index in [4.69, 9.17) is 9.47 Å². The number of fused-ring (bicyclic) bond motifs is 1. The first kappa shape index (κ1) is 17.0. The van der Waals surface area contributed by atoms with E-state index in [1.54, 1.807) is 11.3 Å². The molecule has 1 aromatic heterocycles. The van der Waals surface area contributed by atoms with Crippen LogP contribution in [0, 0.1) is 5.41 Å². The van der Waals surface area contributed by atoms with Gasteiger partial charge in [0.05, 0.1) is 24.9 Å². The van der Waals surface area contributed by atoms with Gasteiger partial charge < -0.3 is 14.4 Å². The number of carbonyl (C=O) groups is 1. The summed E-state index contributed by atoms with van der Waals surface area (Å²) in [6.45, 7) is 5.92. The van der Waals surface area contributed by atoms with Crippen molar-refractivity contribution in [1.29, 1.82) is 0 Å². The van der Waals surface area contributed by atoms with Crippen LogP contribution in [0.5, 0.6) is 0 Å². The van der Waals surface area contributed by atoms with E-state index in [2.05, 4.69) is 6.07 Å². The minimum Gasteiger partial charge on any atom is -0.379 e. The summed E-state index contributed by atoms with van der Waals surface area (Å²) in [4.78, 5) is 15.0. The Morgan fingerprint density at radius 3 is 2.96 bits per heavy atom. The Kier molecular flexibility index (Phi) is 4.80. The molecule has 1 spiro atoms. The SMILES string of the molecule is CCOC[C@H]1CC2(CCN(C(=O)c3csc4ccccc34)CC2)CO1. The Bertz CT molecular complexity index is 748. The first-order valence-electron chi connectivity index (χ1n) is 9.16. The molecule has 0 saturated carbocycles. The zero-order valence-corrected chi connectivity index (χ0v) is 15.5. The number of hydrogen-bond donors (Lipinski definition) is 0. The maximum absolute atomic E-state index is 13.0. The van der Waals surface area contributed by atoms with E-state index < -0.39 is 0 Å². The fourth-order valence-corrected chi connectivity index (χ4v) is 5.03. The molecule has 25 heavy (non-hydrogen) atoms. The van der Waals surface area contributed by atoms with Crippen molar-refractivity contribution in [2.75, 3.05) is 32.9 Å². The summed E-state index contributed by atoms with van der Waals surface area (Å²) in [7, 11) is 0. The second-order valence-electron chi connectivity index (χ2n) is 7.23. The molecule has 0 radical (unpaired) electrons. The van der Waals surface area contributed by atoms with Crippen LogP contribution in [0.2, 0.25) is 0 Å². The van der Waals surface area contributed by atoms with E-state index in [-0.39, 0.29) is 17.4 Å². The molecule has 0 unspecified atom stereocenters. The Hall–Kier alpha value is -1.43. The first-order valence-corrected chi connectivity index (χ1v) is 10.0. The molecule has 2 fully saturated rings. The summed E-state index contributed by atoms with van der Waals surface area (Å²) in [5.74, 6) is 0.178. The molecule has 3 heterocycles. The van der Waals surface area contributed by atoms with Crippen molar-refractivity contribution in [2.45, 2.75) is 32.3 Å². The zero-order chi connectivity index (χ0) is 17.3. The molecular formula is C20H25NO3S. The third kappa shape index (κ3) is 3.33. The lowest BCUT2D eigenvalue weighted by Gasteiger charge is -2.38. The second-order valence-corrected chi connectivity index (χ2v) is 8.15. The van der Waals surface area contributed by atoms with Crippen molar-refractivity contribution in [3.8, 4) is 0 Å². The predicted octanol–water partition coefficient (Wildman–Crippen LogP) is 3.95. The van der Waals surface area contributed by atoms with Gasteiger partial charge in [0.2, 0.25) is 0 Å². The minimum absolute atomic E-state index is 0.178. The van der Waals surface area contributed by atoms with Gasteiger partial charge in [-0.25, -0.2) is 0 Å². The van der Waals surface area contributed by atoms with Crippen molar-refractivity contribution in [1.82, 2.24) is 4.90 Å². The fraction of sp³-hybridized carbons (Fsp3) is 0.550. The quantitative estimate of drug-likeness (QED) is 0.830. The van der Waals surface area contributed by atoms with Crippen molar-refractivity contribution in [3.63, 3.8) is 0 Å². The predicted molar refractivity (Wildman–Crippen MR) is 100 cm³/mol. The molecule has 4 nitrogen and oxygen atoms in total. The van der Waals surface area contributed by atoms with Crippen molar-refractivity contribution in [2.24, 2.45) is 5.41 Å². The number of hydrogen-bond acceptors (Lipinski definition) is 4. The van der Waals surface area contributed by atoms with Crippen LogP contribution in [0.3, 0.4) is 0 Å². The molecule has 2 aliphatic heterocycles. The number of rotatable bonds is 4. The summed E-state index contributed by atoms with van der Waals surface area (Å²) < 4.78 is 12.6. The molecule has 0 N–H and O–H groups in total. The molecule has 0 bridgehead atoms. The third-order valence-corrected chi connectivity index (χ3v) is 6.58. The monoisotopic (exact) mass is 359 g/mol. The smallest absolute Gasteiger partial charge is 0.255 e. The van der Waals surface area contributed by atoms with Gasteiger partial charge in [-0.2, -0.15) is 0 Å². The topological polar surface area (TPSA) is 38.8 Å². The van der Waals surface area contributed by atoms with E-state index in [9.17, 15) is 4.79 Å². The van der Waals surface area contributed by atoms with Crippen LogP contribution >= 0.6 is 11.3 Å². The number of thiophene rings is 1. The molecule has 1 atom stereocenters. The van der Waals surface area contributed by atoms with Crippen LogP contribution in [-0.4, -0.2) is 49.8 Å². The van der Waals surface area contributed by atoms with Crippen LogP contribution < -0.4 is 0 Å². The normalized spacial score (nSPS) is 22.8. The average Bonchev–Trinajstić information content (AvgIpc) is 3.25. The van der Waals surface area contributed by atoms with Crippen LogP contribution in [0.4, 0.5) is 0 Å². The summed E-state index contributed by atoms with van der Waals surface area (Å²) in [5, 5.41) is 3.09. The number of piperidine rings is 1. The lowest BCUT2D eigenvalue weighted by molar-refractivity contribution is 0.0159. The lowest BCUT2D eigenvalue weighted by atomic mass is 9.76. The zero-order valence-electron chi connectivity index (χ0n) is 14.7. The summed E-state index contributed by atoms with van der Waals surface area (Å²) in [6, 6.07) is 8.16. The van der Waals surface area contributed by atoms with Gasteiger partial charge in [0, 0.05) is 35.2 Å². The van der Waals surface area contributed by atoms with Gasteiger partial charge in [0.25, 0.3) is 5.91 Å². The standard InChI is InChI=1S/C20H25NO3S/c1-2-23-12-15-11-20(14-24-15)7-9-21(10-8-20)19(22)17-13-25-18-6-4-3-5-16(17)18/h3-6,13,15H,2,7-12,14H2,1H3/t15-/m1/s1. The van der Waals surface area contributed by atoms with E-state index in [1.165, 1.54) is 4.70 Å². The molecular weight excluding hydrogens is 334 g/mol. The Morgan fingerprint density at radius 2 is 2.16 bits per heavy atom. The van der Waals surface area contributed by atoms with Gasteiger partial charge in [-0.3, -0.25) is 4.79 Å². The highest BCUT2D eigenvalue weighted by Gasteiger charge is 2.43. The number of nitrogens with zero attached hydrogens (tertiary/aromatic N) is 1. The number of benzene rings is 1. The lowest BCUT2D eigenvalue weighted by Crippen LogP contribution is -2.43. The van der Waals surface area contributed by atoms with Gasteiger partial charge in [0.15, 0.2) is 0 Å². The summed E-state index contributed by atoms with van der Waals surface area (Å²) in [5.41, 5.74) is 1.10. The number of ether oxygens (including phenoxy) is 2. The number of likely N-dealkylation sites (tertiary alicyclic amines) is 1. The molecule has 4 rings (SSSR count). The van der Waals surface area contributed by atoms with Gasteiger partial charge >= 0.3 is 0 Å². The molecule has 1 amide bonds. The molecule has 2 aromatic rings. The third-order valence-electron chi connectivity index (χ3n) is 5.62. The van der Waals surface area contributed by atoms with E-state index in [1.807, 2.05) is 35.4 Å². The van der Waals surface area contributed by atoms with Crippen molar-refractivity contribution in [3.05, 3.63) is 35.2 Å². The van der Waals surface area contributed by atoms with Crippen LogP contribution in [-0.2, 0) is 9.47 Å². The number of carbonyl (C=O) groups excluding carboxylic acids is 1. The maximum atomic E-state index is 13.0. The van der Waals surface area contributed by atoms with Gasteiger partial charge in [-0.05, 0) is 37.7 Å².